The maximum atomic E-state index is 12.9. The van der Waals surface area contributed by atoms with Crippen LogP contribution >= 0.6 is 0 Å². The Morgan fingerprint density at radius 3 is 1.74 bits per heavy atom. The van der Waals surface area contributed by atoms with Gasteiger partial charge < -0.3 is 13.7 Å². The maximum absolute atomic E-state index is 12.9. The average Bonchev–Trinajstić information content (AvgIpc) is 2.80. The van der Waals surface area contributed by atoms with Crippen LogP contribution in [0.15, 0.2) is 70.5 Å². The molecule has 0 radical (unpaired) electrons. The summed E-state index contributed by atoms with van der Waals surface area (Å²) in [5, 5.41) is 0. The molecule has 10 heteroatoms. The quantitative estimate of drug-likeness (QED) is 0.420. The first-order valence-electron chi connectivity index (χ1n) is 10.4. The van der Waals surface area contributed by atoms with Gasteiger partial charge in [-0.1, -0.05) is 13.8 Å². The molecule has 3 rings (SSSR count). The van der Waals surface area contributed by atoms with E-state index in [2.05, 4.69) is 4.72 Å². The zero-order valence-electron chi connectivity index (χ0n) is 19.5. The predicted molar refractivity (Wildman–Crippen MR) is 130 cm³/mol. The van der Waals surface area contributed by atoms with Crippen LogP contribution in [0.3, 0.4) is 0 Å². The fraction of sp³-hybridized carbons (Fsp3) is 0.250. The lowest BCUT2D eigenvalue weighted by molar-refractivity contribution is 0.414. The van der Waals surface area contributed by atoms with Crippen LogP contribution in [0.5, 0.6) is 17.2 Å². The molecule has 0 spiro atoms. The SMILES string of the molecule is COc1ccc(S(=O)(=O)Nc2cc(C)c(OS(=O)(=O)c3ccc(OC)cc3)cc2C(C)C)cc1. The largest absolute Gasteiger partial charge is 0.497 e. The number of hydrogen-bond donors (Lipinski definition) is 1. The van der Waals surface area contributed by atoms with Crippen LogP contribution in [0.25, 0.3) is 0 Å². The molecule has 0 atom stereocenters. The smallest absolute Gasteiger partial charge is 0.339 e. The summed E-state index contributed by atoms with van der Waals surface area (Å²) in [7, 11) is -5.01. The van der Waals surface area contributed by atoms with E-state index in [0.29, 0.717) is 28.3 Å². The van der Waals surface area contributed by atoms with Crippen molar-refractivity contribution in [2.45, 2.75) is 36.5 Å². The van der Waals surface area contributed by atoms with Crippen molar-refractivity contribution in [2.24, 2.45) is 0 Å². The highest BCUT2D eigenvalue weighted by atomic mass is 32.2. The summed E-state index contributed by atoms with van der Waals surface area (Å²) >= 11 is 0. The second-order valence-electron chi connectivity index (χ2n) is 7.85. The lowest BCUT2D eigenvalue weighted by Gasteiger charge is -2.19. The molecule has 182 valence electrons. The molecule has 0 fully saturated rings. The molecular formula is C24H27NO7S2. The number of rotatable bonds is 9. The van der Waals surface area contributed by atoms with E-state index in [4.69, 9.17) is 13.7 Å². The van der Waals surface area contributed by atoms with Gasteiger partial charge in [-0.05, 0) is 84.6 Å². The van der Waals surface area contributed by atoms with Crippen LogP contribution < -0.4 is 18.4 Å². The molecule has 8 nitrogen and oxygen atoms in total. The van der Waals surface area contributed by atoms with Crippen molar-refractivity contribution < 1.29 is 30.5 Å². The van der Waals surface area contributed by atoms with Gasteiger partial charge in [0.25, 0.3) is 10.0 Å². The van der Waals surface area contributed by atoms with Gasteiger partial charge in [-0.2, -0.15) is 8.42 Å². The number of benzene rings is 3. The molecule has 0 saturated carbocycles. The van der Waals surface area contributed by atoms with Crippen LogP contribution in [0.4, 0.5) is 5.69 Å². The molecule has 1 N–H and O–H groups in total. The van der Waals surface area contributed by atoms with E-state index < -0.39 is 20.1 Å². The van der Waals surface area contributed by atoms with Gasteiger partial charge in [0.15, 0.2) is 0 Å². The summed E-state index contributed by atoms with van der Waals surface area (Å²) in [4.78, 5) is 0.0474. The minimum Gasteiger partial charge on any atom is -0.497 e. The summed E-state index contributed by atoms with van der Waals surface area (Å²) in [5.74, 6) is 1.05. The van der Waals surface area contributed by atoms with Crippen LogP contribution in [0, 0.1) is 6.92 Å². The Morgan fingerprint density at radius 1 is 0.765 bits per heavy atom. The van der Waals surface area contributed by atoms with Gasteiger partial charge in [0.2, 0.25) is 0 Å². The Bertz CT molecular complexity index is 1360. The fourth-order valence-corrected chi connectivity index (χ4v) is 5.29. The Balaban J connectivity index is 1.94. The van der Waals surface area contributed by atoms with Crippen LogP contribution in [-0.2, 0) is 20.1 Å². The summed E-state index contributed by atoms with van der Waals surface area (Å²) < 4.78 is 69.7. The highest BCUT2D eigenvalue weighted by Crippen LogP contribution is 2.34. The zero-order valence-corrected chi connectivity index (χ0v) is 21.2. The first kappa shape index (κ1) is 25.4. The van der Waals surface area contributed by atoms with E-state index >= 15 is 0 Å². The van der Waals surface area contributed by atoms with E-state index in [1.165, 1.54) is 50.6 Å². The third-order valence-corrected chi connectivity index (χ3v) is 7.76. The number of nitrogens with one attached hydrogen (secondary N) is 1. The van der Waals surface area contributed by atoms with Gasteiger partial charge in [-0.3, -0.25) is 4.72 Å². The number of ether oxygens (including phenoxy) is 2. The molecule has 3 aromatic carbocycles. The van der Waals surface area contributed by atoms with Gasteiger partial charge in [-0.25, -0.2) is 8.42 Å². The van der Waals surface area contributed by atoms with E-state index in [9.17, 15) is 16.8 Å². The zero-order chi connectivity index (χ0) is 25.1. The van der Waals surface area contributed by atoms with Gasteiger partial charge >= 0.3 is 10.1 Å². The fourth-order valence-electron chi connectivity index (χ4n) is 3.23. The molecule has 0 aromatic heterocycles. The predicted octanol–water partition coefficient (Wildman–Crippen LogP) is 4.70. The van der Waals surface area contributed by atoms with Crippen LogP contribution in [-0.4, -0.2) is 31.1 Å². The van der Waals surface area contributed by atoms with Crippen LogP contribution in [0.1, 0.15) is 30.9 Å². The maximum Gasteiger partial charge on any atom is 0.339 e. The highest BCUT2D eigenvalue weighted by molar-refractivity contribution is 7.92. The lowest BCUT2D eigenvalue weighted by atomic mass is 9.99. The molecule has 0 heterocycles. The van der Waals surface area contributed by atoms with Gasteiger partial charge in [0.05, 0.1) is 24.8 Å². The molecule has 0 aliphatic heterocycles. The number of sulfonamides is 1. The van der Waals surface area contributed by atoms with Gasteiger partial charge in [0.1, 0.15) is 22.1 Å². The molecular weight excluding hydrogens is 478 g/mol. The van der Waals surface area contributed by atoms with E-state index in [1.807, 2.05) is 13.8 Å². The normalized spacial score (nSPS) is 11.8. The number of anilines is 1. The number of methoxy groups -OCH3 is 2. The Labute approximate surface area is 200 Å². The summed E-state index contributed by atoms with van der Waals surface area (Å²) in [6.07, 6.45) is 0. The number of hydrogen-bond acceptors (Lipinski definition) is 7. The number of aryl methyl sites for hydroxylation is 1. The van der Waals surface area contributed by atoms with Crippen molar-refractivity contribution in [3.05, 3.63) is 71.8 Å². The third-order valence-electron chi connectivity index (χ3n) is 5.13. The van der Waals surface area contributed by atoms with Crippen LogP contribution in [0.2, 0.25) is 0 Å². The second kappa shape index (κ2) is 9.94. The van der Waals surface area contributed by atoms with Crippen molar-refractivity contribution in [1.82, 2.24) is 0 Å². The molecule has 0 aliphatic rings. The van der Waals surface area contributed by atoms with Gasteiger partial charge in [-0.15, -0.1) is 0 Å². The van der Waals surface area contributed by atoms with E-state index in [0.717, 1.165) is 0 Å². The second-order valence-corrected chi connectivity index (χ2v) is 11.1. The summed E-state index contributed by atoms with van der Waals surface area (Å²) in [6, 6.07) is 15.0. The van der Waals surface area contributed by atoms with E-state index in [-0.39, 0.29) is 21.5 Å². The minimum absolute atomic E-state index is 0.0249. The monoisotopic (exact) mass is 505 g/mol. The highest BCUT2D eigenvalue weighted by Gasteiger charge is 2.22. The first-order chi connectivity index (χ1) is 16.0. The molecule has 0 aliphatic carbocycles. The van der Waals surface area contributed by atoms with Crippen molar-refractivity contribution >= 4 is 25.8 Å². The summed E-state index contributed by atoms with van der Waals surface area (Å²) in [5.41, 5.74) is 1.38. The molecule has 0 bridgehead atoms. The first-order valence-corrected chi connectivity index (χ1v) is 13.3. The average molecular weight is 506 g/mol. The Kier molecular flexibility index (Phi) is 7.42. The molecule has 0 saturated heterocycles. The minimum atomic E-state index is -4.11. The van der Waals surface area contributed by atoms with Crippen molar-refractivity contribution in [3.63, 3.8) is 0 Å². The lowest BCUT2D eigenvalue weighted by Crippen LogP contribution is -2.16. The Morgan fingerprint density at radius 2 is 1.26 bits per heavy atom. The Hall–Kier alpha value is -3.24. The summed E-state index contributed by atoms with van der Waals surface area (Å²) in [6.45, 7) is 5.39. The molecule has 34 heavy (non-hydrogen) atoms. The topological polar surface area (TPSA) is 108 Å². The molecule has 0 amide bonds. The van der Waals surface area contributed by atoms with Crippen molar-refractivity contribution in [1.29, 1.82) is 0 Å². The van der Waals surface area contributed by atoms with Crippen molar-refractivity contribution in [3.8, 4) is 17.2 Å². The third kappa shape index (κ3) is 5.63. The standard InChI is InChI=1S/C24H27NO7S2/c1-16(2)22-15-24(32-34(28,29)21-12-8-19(31-5)9-13-21)17(3)14-23(22)25-33(26,27)20-10-6-18(30-4)7-11-20/h6-16,25H,1-5H3. The van der Waals surface area contributed by atoms with Gasteiger partial charge in [0, 0.05) is 0 Å². The molecule has 3 aromatic rings. The molecule has 0 unspecified atom stereocenters. The van der Waals surface area contributed by atoms with Crippen molar-refractivity contribution in [2.75, 3.05) is 18.9 Å². The van der Waals surface area contributed by atoms with E-state index in [1.54, 1.807) is 31.2 Å².